The van der Waals surface area contributed by atoms with Gasteiger partial charge in [0.05, 0.1) is 0 Å². The lowest BCUT2D eigenvalue weighted by molar-refractivity contribution is 0.188. The third-order valence-electron chi connectivity index (χ3n) is 4.07. The fourth-order valence-corrected chi connectivity index (χ4v) is 3.75. The van der Waals surface area contributed by atoms with E-state index >= 15 is 0 Å². The molecule has 0 radical (unpaired) electrons. The second-order valence-corrected chi connectivity index (χ2v) is 7.44. The lowest BCUT2D eigenvalue weighted by Crippen LogP contribution is -2.38. The zero-order valence-electron chi connectivity index (χ0n) is 12.8. The molecular formula is C17H23BrN2S. The van der Waals surface area contributed by atoms with Crippen LogP contribution in [0.5, 0.6) is 0 Å². The molecule has 0 saturated heterocycles. The SMILES string of the molecule is Cc1ccc(C(CN)N(C)C(C)Cc2cccs2)cc1Br. The molecule has 2 N–H and O–H groups in total. The molecule has 2 atom stereocenters. The van der Waals surface area contributed by atoms with Gasteiger partial charge in [-0.2, -0.15) is 0 Å². The van der Waals surface area contributed by atoms with Gasteiger partial charge in [0.1, 0.15) is 0 Å². The van der Waals surface area contributed by atoms with Gasteiger partial charge in [0.15, 0.2) is 0 Å². The van der Waals surface area contributed by atoms with Crippen LogP contribution in [0.15, 0.2) is 40.2 Å². The molecule has 0 fully saturated rings. The molecule has 1 aromatic heterocycles. The van der Waals surface area contributed by atoms with Crippen molar-refractivity contribution in [1.82, 2.24) is 4.90 Å². The first-order valence-electron chi connectivity index (χ1n) is 7.23. The average molecular weight is 367 g/mol. The first-order chi connectivity index (χ1) is 10.0. The third kappa shape index (κ3) is 4.16. The Morgan fingerprint density at radius 1 is 1.33 bits per heavy atom. The number of aryl methyl sites for hydroxylation is 1. The first-order valence-corrected chi connectivity index (χ1v) is 8.90. The minimum Gasteiger partial charge on any atom is -0.329 e. The summed E-state index contributed by atoms with van der Waals surface area (Å²) in [6.07, 6.45) is 1.07. The Balaban J connectivity index is 2.13. The zero-order valence-corrected chi connectivity index (χ0v) is 15.2. The van der Waals surface area contributed by atoms with E-state index in [1.165, 1.54) is 16.0 Å². The number of nitrogens with zero attached hydrogens (tertiary/aromatic N) is 1. The van der Waals surface area contributed by atoms with Crippen LogP contribution in [0.1, 0.15) is 29.0 Å². The Bertz CT molecular complexity index is 568. The van der Waals surface area contributed by atoms with Gasteiger partial charge in [-0.1, -0.05) is 34.1 Å². The van der Waals surface area contributed by atoms with Crippen LogP contribution in [-0.2, 0) is 6.42 Å². The highest BCUT2D eigenvalue weighted by Crippen LogP contribution is 2.26. The van der Waals surface area contributed by atoms with Crippen molar-refractivity contribution in [2.75, 3.05) is 13.6 Å². The molecule has 0 amide bonds. The van der Waals surface area contributed by atoms with E-state index in [4.69, 9.17) is 5.73 Å². The van der Waals surface area contributed by atoms with E-state index in [9.17, 15) is 0 Å². The van der Waals surface area contributed by atoms with E-state index in [1.54, 1.807) is 0 Å². The monoisotopic (exact) mass is 366 g/mol. The van der Waals surface area contributed by atoms with Crippen LogP contribution >= 0.6 is 27.3 Å². The second kappa shape index (κ2) is 7.54. The maximum Gasteiger partial charge on any atom is 0.0470 e. The van der Waals surface area contributed by atoms with Crippen molar-refractivity contribution < 1.29 is 0 Å². The number of hydrogen-bond donors (Lipinski definition) is 1. The molecule has 0 bridgehead atoms. The summed E-state index contributed by atoms with van der Waals surface area (Å²) < 4.78 is 1.15. The molecular weight excluding hydrogens is 344 g/mol. The Morgan fingerprint density at radius 2 is 2.10 bits per heavy atom. The summed E-state index contributed by atoms with van der Waals surface area (Å²) in [6, 6.07) is 11.6. The van der Waals surface area contributed by atoms with Crippen molar-refractivity contribution in [2.24, 2.45) is 5.73 Å². The minimum absolute atomic E-state index is 0.247. The summed E-state index contributed by atoms with van der Waals surface area (Å²) in [6.45, 7) is 5.00. The molecule has 0 aliphatic carbocycles. The van der Waals surface area contributed by atoms with Crippen LogP contribution < -0.4 is 5.73 Å². The van der Waals surface area contributed by atoms with Crippen molar-refractivity contribution in [3.05, 3.63) is 56.2 Å². The van der Waals surface area contributed by atoms with Crippen molar-refractivity contribution in [3.63, 3.8) is 0 Å². The number of likely N-dealkylation sites (N-methyl/N-ethyl adjacent to an activating group) is 1. The largest absolute Gasteiger partial charge is 0.329 e. The van der Waals surface area contributed by atoms with Crippen LogP contribution in [-0.4, -0.2) is 24.5 Å². The van der Waals surface area contributed by atoms with Gasteiger partial charge in [0.25, 0.3) is 0 Å². The van der Waals surface area contributed by atoms with E-state index in [2.05, 4.69) is 77.4 Å². The molecule has 0 aliphatic heterocycles. The normalized spacial score (nSPS) is 14.4. The third-order valence-corrected chi connectivity index (χ3v) is 5.82. The van der Waals surface area contributed by atoms with Gasteiger partial charge >= 0.3 is 0 Å². The molecule has 2 aromatic rings. The van der Waals surface area contributed by atoms with Gasteiger partial charge in [0.2, 0.25) is 0 Å². The summed E-state index contributed by atoms with van der Waals surface area (Å²) in [5.74, 6) is 0. The Morgan fingerprint density at radius 3 is 2.67 bits per heavy atom. The smallest absolute Gasteiger partial charge is 0.0470 e. The van der Waals surface area contributed by atoms with Gasteiger partial charge in [0, 0.05) is 28.0 Å². The van der Waals surface area contributed by atoms with Crippen molar-refractivity contribution in [3.8, 4) is 0 Å². The van der Waals surface area contributed by atoms with Crippen LogP contribution in [0, 0.1) is 6.92 Å². The summed E-state index contributed by atoms with van der Waals surface area (Å²) in [7, 11) is 2.17. The van der Waals surface area contributed by atoms with E-state index < -0.39 is 0 Å². The van der Waals surface area contributed by atoms with Crippen LogP contribution in [0.25, 0.3) is 0 Å². The van der Waals surface area contributed by atoms with Crippen molar-refractivity contribution >= 4 is 27.3 Å². The summed E-state index contributed by atoms with van der Waals surface area (Å²) in [4.78, 5) is 3.81. The summed E-state index contributed by atoms with van der Waals surface area (Å²) in [5.41, 5.74) is 8.58. The lowest BCUT2D eigenvalue weighted by Gasteiger charge is -2.33. The highest BCUT2D eigenvalue weighted by atomic mass is 79.9. The maximum atomic E-state index is 6.05. The number of nitrogens with two attached hydrogens (primary N) is 1. The molecule has 2 nitrogen and oxygen atoms in total. The van der Waals surface area contributed by atoms with Crippen LogP contribution in [0.3, 0.4) is 0 Å². The van der Waals surface area contributed by atoms with E-state index in [1.807, 2.05) is 11.3 Å². The van der Waals surface area contributed by atoms with E-state index in [0.717, 1.165) is 10.9 Å². The van der Waals surface area contributed by atoms with Gasteiger partial charge in [-0.15, -0.1) is 11.3 Å². The first kappa shape index (κ1) is 16.7. The molecule has 2 unspecified atom stereocenters. The zero-order chi connectivity index (χ0) is 15.4. The second-order valence-electron chi connectivity index (χ2n) is 5.56. The molecule has 0 saturated carbocycles. The predicted octanol–water partition coefficient (Wildman–Crippen LogP) is 4.38. The Kier molecular flexibility index (Phi) is 5.99. The van der Waals surface area contributed by atoms with Gasteiger partial charge in [-0.05, 0) is 56.0 Å². The molecule has 0 aliphatic rings. The number of rotatable bonds is 6. The highest BCUT2D eigenvalue weighted by Gasteiger charge is 2.21. The highest BCUT2D eigenvalue weighted by molar-refractivity contribution is 9.10. The molecule has 21 heavy (non-hydrogen) atoms. The van der Waals surface area contributed by atoms with E-state index in [0.29, 0.717) is 12.6 Å². The fraction of sp³-hybridized carbons (Fsp3) is 0.412. The van der Waals surface area contributed by atoms with Crippen LogP contribution in [0.2, 0.25) is 0 Å². The van der Waals surface area contributed by atoms with Crippen LogP contribution in [0.4, 0.5) is 0 Å². The lowest BCUT2D eigenvalue weighted by atomic mass is 10.0. The maximum absolute atomic E-state index is 6.05. The van der Waals surface area contributed by atoms with Gasteiger partial charge < -0.3 is 5.73 Å². The van der Waals surface area contributed by atoms with E-state index in [-0.39, 0.29) is 6.04 Å². The van der Waals surface area contributed by atoms with Crippen molar-refractivity contribution in [1.29, 1.82) is 0 Å². The molecule has 1 heterocycles. The number of thiophene rings is 1. The molecule has 0 spiro atoms. The number of hydrogen-bond acceptors (Lipinski definition) is 3. The molecule has 114 valence electrons. The summed E-state index contributed by atoms with van der Waals surface area (Å²) in [5, 5.41) is 2.14. The predicted molar refractivity (Wildman–Crippen MR) is 95.9 cm³/mol. The number of benzene rings is 1. The topological polar surface area (TPSA) is 29.3 Å². The quantitative estimate of drug-likeness (QED) is 0.821. The van der Waals surface area contributed by atoms with Crippen molar-refractivity contribution in [2.45, 2.75) is 32.4 Å². The minimum atomic E-state index is 0.247. The molecule has 4 heteroatoms. The average Bonchev–Trinajstić information content (AvgIpc) is 2.96. The molecule has 2 rings (SSSR count). The van der Waals surface area contributed by atoms with Gasteiger partial charge in [-0.25, -0.2) is 0 Å². The molecule has 1 aromatic carbocycles. The number of halogens is 1. The Labute approximate surface area is 140 Å². The fourth-order valence-electron chi connectivity index (χ4n) is 2.52. The Hall–Kier alpha value is -0.680. The standard InChI is InChI=1S/C17H23BrN2S/c1-12-6-7-14(10-16(12)18)17(11-19)20(3)13(2)9-15-5-4-8-21-15/h4-8,10,13,17H,9,11,19H2,1-3H3. The summed E-state index contributed by atoms with van der Waals surface area (Å²) >= 11 is 5.44. The van der Waals surface area contributed by atoms with Gasteiger partial charge in [-0.3, -0.25) is 4.90 Å².